The molecule has 0 spiro atoms. The van der Waals surface area contributed by atoms with Gasteiger partial charge < -0.3 is 16.4 Å². The largest absolute Gasteiger partial charge is 0.368 e. The van der Waals surface area contributed by atoms with Gasteiger partial charge in [-0.3, -0.25) is 9.78 Å². The number of likely N-dealkylation sites (N-methyl/N-ethyl adjacent to an activating group) is 1. The number of hydrogen-bond donors (Lipinski definition) is 2. The molecular formula is C10H16N4O. The van der Waals surface area contributed by atoms with Crippen molar-refractivity contribution in [2.24, 2.45) is 11.5 Å². The summed E-state index contributed by atoms with van der Waals surface area (Å²) >= 11 is 0. The average Bonchev–Trinajstić information content (AvgIpc) is 2.18. The van der Waals surface area contributed by atoms with Crippen molar-refractivity contribution < 1.29 is 4.79 Å². The number of amides is 1. The Balaban J connectivity index is 2.43. The van der Waals surface area contributed by atoms with E-state index in [1.807, 2.05) is 24.1 Å². The highest BCUT2D eigenvalue weighted by Gasteiger charge is 2.11. The number of nitrogens with zero attached hydrogens (tertiary/aromatic N) is 2. The molecule has 15 heavy (non-hydrogen) atoms. The molecule has 1 unspecified atom stereocenters. The molecular weight excluding hydrogens is 192 g/mol. The fourth-order valence-corrected chi connectivity index (χ4v) is 1.29. The van der Waals surface area contributed by atoms with E-state index in [9.17, 15) is 4.79 Å². The third-order valence-electron chi connectivity index (χ3n) is 2.08. The number of carbonyl (C=O) groups excluding carboxylic acids is 1. The summed E-state index contributed by atoms with van der Waals surface area (Å²) in [5.41, 5.74) is 11.7. The van der Waals surface area contributed by atoms with Gasteiger partial charge >= 0.3 is 0 Å². The van der Waals surface area contributed by atoms with Gasteiger partial charge in [0.1, 0.15) is 0 Å². The molecule has 0 saturated carbocycles. The molecule has 1 rings (SSSR count). The smallest absolute Gasteiger partial charge is 0.235 e. The monoisotopic (exact) mass is 208 g/mol. The van der Waals surface area contributed by atoms with E-state index in [0.29, 0.717) is 6.54 Å². The Hall–Kier alpha value is -1.46. The van der Waals surface area contributed by atoms with Gasteiger partial charge in [-0.05, 0) is 24.7 Å². The van der Waals surface area contributed by atoms with Gasteiger partial charge in [0.25, 0.3) is 0 Å². The van der Waals surface area contributed by atoms with Crippen molar-refractivity contribution >= 4 is 5.91 Å². The molecule has 82 valence electrons. The van der Waals surface area contributed by atoms with Gasteiger partial charge in [-0.2, -0.15) is 0 Å². The van der Waals surface area contributed by atoms with Crippen LogP contribution < -0.4 is 11.5 Å². The van der Waals surface area contributed by atoms with Crippen molar-refractivity contribution in [3.05, 3.63) is 30.1 Å². The van der Waals surface area contributed by atoms with Crippen LogP contribution in [0.2, 0.25) is 0 Å². The second kappa shape index (κ2) is 5.43. The summed E-state index contributed by atoms with van der Waals surface area (Å²) in [7, 11) is 1.89. The summed E-state index contributed by atoms with van der Waals surface area (Å²) in [4.78, 5) is 16.6. The van der Waals surface area contributed by atoms with E-state index in [0.717, 1.165) is 12.1 Å². The topological polar surface area (TPSA) is 85.2 Å². The highest BCUT2D eigenvalue weighted by molar-refractivity contribution is 5.79. The average molecular weight is 208 g/mol. The zero-order valence-electron chi connectivity index (χ0n) is 8.76. The molecule has 1 aromatic heterocycles. The molecule has 0 fully saturated rings. The minimum atomic E-state index is -0.614. The zero-order chi connectivity index (χ0) is 11.3. The maximum atomic E-state index is 10.7. The highest BCUT2D eigenvalue weighted by atomic mass is 16.1. The van der Waals surface area contributed by atoms with E-state index < -0.39 is 11.9 Å². The molecule has 1 aromatic rings. The van der Waals surface area contributed by atoms with Crippen LogP contribution in [0.1, 0.15) is 5.56 Å². The van der Waals surface area contributed by atoms with Gasteiger partial charge in [0.15, 0.2) is 0 Å². The lowest BCUT2D eigenvalue weighted by Gasteiger charge is -2.19. The van der Waals surface area contributed by atoms with E-state index in [1.54, 1.807) is 12.4 Å². The van der Waals surface area contributed by atoms with Crippen LogP contribution in [0.5, 0.6) is 0 Å². The van der Waals surface area contributed by atoms with E-state index in [-0.39, 0.29) is 0 Å². The van der Waals surface area contributed by atoms with Crippen molar-refractivity contribution in [1.82, 2.24) is 9.88 Å². The summed E-state index contributed by atoms with van der Waals surface area (Å²) in [5.74, 6) is -0.475. The Morgan fingerprint density at radius 2 is 2.13 bits per heavy atom. The van der Waals surface area contributed by atoms with Crippen LogP contribution in [-0.4, -0.2) is 35.4 Å². The molecule has 0 radical (unpaired) electrons. The van der Waals surface area contributed by atoms with Gasteiger partial charge in [-0.15, -0.1) is 0 Å². The normalized spacial score (nSPS) is 12.7. The lowest BCUT2D eigenvalue weighted by Crippen LogP contribution is -2.44. The predicted octanol–water partition coefficient (Wildman–Crippen LogP) is -0.674. The molecule has 5 heteroatoms. The van der Waals surface area contributed by atoms with E-state index >= 15 is 0 Å². The Morgan fingerprint density at radius 3 is 2.67 bits per heavy atom. The SMILES string of the molecule is CN(Cc1ccncc1)CC(N)C(N)=O. The first-order chi connectivity index (χ1) is 7.09. The first-order valence-corrected chi connectivity index (χ1v) is 4.72. The van der Waals surface area contributed by atoms with Crippen molar-refractivity contribution in [3.63, 3.8) is 0 Å². The van der Waals surface area contributed by atoms with Crippen molar-refractivity contribution in [1.29, 1.82) is 0 Å². The summed E-state index contributed by atoms with van der Waals surface area (Å²) in [5, 5.41) is 0. The maximum absolute atomic E-state index is 10.7. The lowest BCUT2D eigenvalue weighted by molar-refractivity contribution is -0.119. The number of pyridine rings is 1. The molecule has 0 aliphatic heterocycles. The van der Waals surface area contributed by atoms with Crippen LogP contribution in [-0.2, 0) is 11.3 Å². The van der Waals surface area contributed by atoms with Gasteiger partial charge in [0.2, 0.25) is 5.91 Å². The molecule has 0 bridgehead atoms. The molecule has 0 aromatic carbocycles. The van der Waals surface area contributed by atoms with Gasteiger partial charge in [-0.1, -0.05) is 0 Å². The fourth-order valence-electron chi connectivity index (χ4n) is 1.29. The third-order valence-corrected chi connectivity index (χ3v) is 2.08. The Kier molecular flexibility index (Phi) is 4.20. The first-order valence-electron chi connectivity index (χ1n) is 4.72. The molecule has 4 N–H and O–H groups in total. The number of rotatable bonds is 5. The molecule has 1 atom stereocenters. The number of carbonyl (C=O) groups is 1. The van der Waals surface area contributed by atoms with E-state index in [2.05, 4.69) is 4.98 Å². The van der Waals surface area contributed by atoms with Crippen LogP contribution in [0.25, 0.3) is 0 Å². The quantitative estimate of drug-likeness (QED) is 0.671. The summed E-state index contributed by atoms with van der Waals surface area (Å²) in [6.07, 6.45) is 3.47. The summed E-state index contributed by atoms with van der Waals surface area (Å²) < 4.78 is 0. The highest BCUT2D eigenvalue weighted by Crippen LogP contribution is 2.00. The first kappa shape index (κ1) is 11.6. The minimum Gasteiger partial charge on any atom is -0.368 e. The van der Waals surface area contributed by atoms with E-state index in [4.69, 9.17) is 11.5 Å². The third kappa shape index (κ3) is 4.05. The Bertz CT molecular complexity index is 314. The van der Waals surface area contributed by atoms with Crippen molar-refractivity contribution in [2.75, 3.05) is 13.6 Å². The lowest BCUT2D eigenvalue weighted by atomic mass is 10.2. The van der Waals surface area contributed by atoms with Gasteiger partial charge in [0.05, 0.1) is 6.04 Å². The van der Waals surface area contributed by atoms with Crippen molar-refractivity contribution in [3.8, 4) is 0 Å². The molecule has 1 heterocycles. The van der Waals surface area contributed by atoms with Crippen molar-refractivity contribution in [2.45, 2.75) is 12.6 Å². The molecule has 0 aliphatic carbocycles. The second-order valence-electron chi connectivity index (χ2n) is 3.56. The Morgan fingerprint density at radius 1 is 1.53 bits per heavy atom. The molecule has 1 amide bonds. The predicted molar refractivity (Wildman–Crippen MR) is 57.7 cm³/mol. The molecule has 0 saturated heterocycles. The number of nitrogens with two attached hydrogens (primary N) is 2. The van der Waals surface area contributed by atoms with Crippen LogP contribution in [0.3, 0.4) is 0 Å². The summed E-state index contributed by atoms with van der Waals surface area (Å²) in [6.45, 7) is 1.18. The van der Waals surface area contributed by atoms with Crippen LogP contribution >= 0.6 is 0 Å². The minimum absolute atomic E-state index is 0.456. The second-order valence-corrected chi connectivity index (χ2v) is 3.56. The number of aromatic nitrogens is 1. The molecule has 5 nitrogen and oxygen atoms in total. The zero-order valence-corrected chi connectivity index (χ0v) is 8.76. The van der Waals surface area contributed by atoms with Crippen LogP contribution in [0, 0.1) is 0 Å². The number of hydrogen-bond acceptors (Lipinski definition) is 4. The molecule has 0 aliphatic rings. The standard InChI is InChI=1S/C10H16N4O/c1-14(7-9(11)10(12)15)6-8-2-4-13-5-3-8/h2-5,9H,6-7,11H2,1H3,(H2,12,15). The Labute approximate surface area is 89.1 Å². The van der Waals surface area contributed by atoms with Crippen LogP contribution in [0.4, 0.5) is 0 Å². The maximum Gasteiger partial charge on any atom is 0.235 e. The van der Waals surface area contributed by atoms with Gasteiger partial charge in [0, 0.05) is 25.5 Å². The van der Waals surface area contributed by atoms with Crippen LogP contribution in [0.15, 0.2) is 24.5 Å². The fraction of sp³-hybridized carbons (Fsp3) is 0.400. The number of primary amides is 1. The van der Waals surface area contributed by atoms with Gasteiger partial charge in [-0.25, -0.2) is 0 Å². The summed E-state index contributed by atoms with van der Waals surface area (Å²) in [6, 6.07) is 3.23. The van der Waals surface area contributed by atoms with E-state index in [1.165, 1.54) is 0 Å².